The van der Waals surface area contributed by atoms with Gasteiger partial charge in [-0.15, -0.1) is 11.3 Å². The van der Waals surface area contributed by atoms with Crippen molar-refractivity contribution in [2.45, 2.75) is 6.54 Å². The number of nitrogens with two attached hydrogens (primary N) is 1. The zero-order chi connectivity index (χ0) is 11.4. The summed E-state index contributed by atoms with van der Waals surface area (Å²) in [6, 6.07) is 5.58. The van der Waals surface area contributed by atoms with Crippen LogP contribution in [0.1, 0.15) is 4.88 Å². The molecule has 1 aromatic heterocycles. The SMILES string of the molecule is COc1cc(N)cc(NCc2cncs2)c1. The molecule has 1 aromatic carbocycles. The number of methoxy groups -OCH3 is 1. The van der Waals surface area contributed by atoms with Crippen molar-refractivity contribution in [2.75, 3.05) is 18.2 Å². The molecule has 0 atom stereocenters. The van der Waals surface area contributed by atoms with Crippen LogP contribution >= 0.6 is 11.3 Å². The van der Waals surface area contributed by atoms with Crippen LogP contribution in [0.4, 0.5) is 11.4 Å². The molecular formula is C11H13N3OS. The van der Waals surface area contributed by atoms with E-state index in [-0.39, 0.29) is 0 Å². The lowest BCUT2D eigenvalue weighted by Gasteiger charge is -2.08. The zero-order valence-corrected chi connectivity index (χ0v) is 9.75. The molecule has 0 aliphatic carbocycles. The average molecular weight is 235 g/mol. The van der Waals surface area contributed by atoms with Gasteiger partial charge in [0, 0.05) is 34.6 Å². The van der Waals surface area contributed by atoms with Crippen LogP contribution < -0.4 is 15.8 Å². The quantitative estimate of drug-likeness (QED) is 0.799. The summed E-state index contributed by atoms with van der Waals surface area (Å²) in [4.78, 5) is 5.20. The molecule has 5 heteroatoms. The second-order valence-corrected chi connectivity index (χ2v) is 4.29. The van der Waals surface area contributed by atoms with Gasteiger partial charge < -0.3 is 15.8 Å². The molecule has 2 rings (SSSR count). The summed E-state index contributed by atoms with van der Waals surface area (Å²) >= 11 is 1.62. The number of thiazole rings is 1. The van der Waals surface area contributed by atoms with Crippen molar-refractivity contribution in [1.82, 2.24) is 4.98 Å². The van der Waals surface area contributed by atoms with Gasteiger partial charge in [0.1, 0.15) is 5.75 Å². The van der Waals surface area contributed by atoms with E-state index in [0.717, 1.165) is 18.0 Å². The van der Waals surface area contributed by atoms with Crippen LogP contribution in [0.3, 0.4) is 0 Å². The third-order valence-electron chi connectivity index (χ3n) is 2.11. The van der Waals surface area contributed by atoms with E-state index in [4.69, 9.17) is 10.5 Å². The average Bonchev–Trinajstić information content (AvgIpc) is 2.78. The van der Waals surface area contributed by atoms with E-state index in [1.807, 2.05) is 23.8 Å². The summed E-state index contributed by atoms with van der Waals surface area (Å²) in [7, 11) is 1.63. The normalized spacial score (nSPS) is 10.1. The van der Waals surface area contributed by atoms with Crippen LogP contribution in [0, 0.1) is 0 Å². The van der Waals surface area contributed by atoms with Gasteiger partial charge in [0.25, 0.3) is 0 Å². The molecule has 0 saturated carbocycles. The maximum atomic E-state index is 5.75. The van der Waals surface area contributed by atoms with Gasteiger partial charge in [-0.1, -0.05) is 0 Å². The van der Waals surface area contributed by atoms with Crippen molar-refractivity contribution in [3.8, 4) is 5.75 Å². The molecule has 84 valence electrons. The highest BCUT2D eigenvalue weighted by molar-refractivity contribution is 7.09. The van der Waals surface area contributed by atoms with Crippen molar-refractivity contribution in [2.24, 2.45) is 0 Å². The van der Waals surface area contributed by atoms with E-state index < -0.39 is 0 Å². The molecule has 0 spiro atoms. The van der Waals surface area contributed by atoms with Gasteiger partial charge in [0.2, 0.25) is 0 Å². The summed E-state index contributed by atoms with van der Waals surface area (Å²) in [6.45, 7) is 0.747. The molecule has 0 saturated heterocycles. The fourth-order valence-corrected chi connectivity index (χ4v) is 1.89. The number of rotatable bonds is 4. The lowest BCUT2D eigenvalue weighted by atomic mass is 10.2. The number of hydrogen-bond acceptors (Lipinski definition) is 5. The van der Waals surface area contributed by atoms with Crippen LogP contribution in [0.15, 0.2) is 29.9 Å². The minimum absolute atomic E-state index is 0.686. The molecule has 0 aliphatic heterocycles. The predicted molar refractivity (Wildman–Crippen MR) is 66.8 cm³/mol. The molecule has 0 aliphatic rings. The maximum Gasteiger partial charge on any atom is 0.122 e. The third kappa shape index (κ3) is 2.64. The van der Waals surface area contributed by atoms with Crippen LogP contribution in [0.2, 0.25) is 0 Å². The van der Waals surface area contributed by atoms with Gasteiger partial charge >= 0.3 is 0 Å². The second-order valence-electron chi connectivity index (χ2n) is 3.32. The standard InChI is InChI=1S/C11H13N3OS/c1-15-10-3-8(12)2-9(4-10)14-6-11-5-13-7-16-11/h2-5,7,14H,6,12H2,1H3. The number of hydrogen-bond donors (Lipinski definition) is 2. The Labute approximate surface area is 98.1 Å². The first-order chi connectivity index (χ1) is 7.78. The second kappa shape index (κ2) is 4.85. The fourth-order valence-electron chi connectivity index (χ4n) is 1.36. The third-order valence-corrected chi connectivity index (χ3v) is 2.89. The molecule has 0 fully saturated rings. The Hall–Kier alpha value is -1.75. The van der Waals surface area contributed by atoms with Crippen LogP contribution in [-0.2, 0) is 6.54 Å². The van der Waals surface area contributed by atoms with Crippen LogP contribution in [0.5, 0.6) is 5.75 Å². The first-order valence-corrected chi connectivity index (χ1v) is 5.71. The summed E-state index contributed by atoms with van der Waals surface area (Å²) in [5.74, 6) is 0.756. The monoisotopic (exact) mass is 235 g/mol. The van der Waals surface area contributed by atoms with Crippen molar-refractivity contribution in [1.29, 1.82) is 0 Å². The summed E-state index contributed by atoms with van der Waals surface area (Å²) in [5, 5.41) is 3.27. The number of nitrogen functional groups attached to an aromatic ring is 1. The molecule has 0 radical (unpaired) electrons. The molecule has 1 heterocycles. The van der Waals surface area contributed by atoms with E-state index in [9.17, 15) is 0 Å². The molecule has 16 heavy (non-hydrogen) atoms. The van der Waals surface area contributed by atoms with E-state index in [2.05, 4.69) is 10.3 Å². The lowest BCUT2D eigenvalue weighted by molar-refractivity contribution is 0.415. The molecule has 4 nitrogen and oxygen atoms in total. The first kappa shape index (κ1) is 10.8. The Morgan fingerprint density at radius 3 is 3.00 bits per heavy atom. The van der Waals surface area contributed by atoms with E-state index >= 15 is 0 Å². The Bertz CT molecular complexity index is 456. The Morgan fingerprint density at radius 1 is 1.44 bits per heavy atom. The molecule has 0 bridgehead atoms. The highest BCUT2D eigenvalue weighted by Gasteiger charge is 2.00. The number of nitrogens with zero attached hydrogens (tertiary/aromatic N) is 1. The Balaban J connectivity index is 2.06. The van der Waals surface area contributed by atoms with Gasteiger partial charge in [0.15, 0.2) is 0 Å². The Kier molecular flexibility index (Phi) is 3.26. The minimum atomic E-state index is 0.686. The molecule has 2 aromatic rings. The van der Waals surface area contributed by atoms with Crippen molar-refractivity contribution in [3.63, 3.8) is 0 Å². The summed E-state index contributed by atoms with van der Waals surface area (Å²) in [5.41, 5.74) is 9.21. The van der Waals surface area contributed by atoms with Crippen LogP contribution in [0.25, 0.3) is 0 Å². The number of benzene rings is 1. The van der Waals surface area contributed by atoms with E-state index in [0.29, 0.717) is 5.69 Å². The lowest BCUT2D eigenvalue weighted by Crippen LogP contribution is -1.99. The van der Waals surface area contributed by atoms with Crippen molar-refractivity contribution in [3.05, 3.63) is 34.8 Å². The van der Waals surface area contributed by atoms with Crippen molar-refractivity contribution >= 4 is 22.7 Å². The van der Waals surface area contributed by atoms with E-state index in [1.165, 1.54) is 4.88 Å². The highest BCUT2D eigenvalue weighted by Crippen LogP contribution is 2.22. The fraction of sp³-hybridized carbons (Fsp3) is 0.182. The summed E-state index contributed by atoms with van der Waals surface area (Å²) < 4.78 is 5.14. The number of aromatic nitrogens is 1. The predicted octanol–water partition coefficient (Wildman–Crippen LogP) is 2.35. The first-order valence-electron chi connectivity index (χ1n) is 4.84. The van der Waals surface area contributed by atoms with Gasteiger partial charge in [0.05, 0.1) is 19.2 Å². The zero-order valence-electron chi connectivity index (χ0n) is 8.93. The van der Waals surface area contributed by atoms with Crippen LogP contribution in [-0.4, -0.2) is 12.1 Å². The highest BCUT2D eigenvalue weighted by atomic mass is 32.1. The smallest absolute Gasteiger partial charge is 0.122 e. The summed E-state index contributed by atoms with van der Waals surface area (Å²) in [6.07, 6.45) is 1.85. The number of anilines is 2. The number of nitrogens with one attached hydrogen (secondary N) is 1. The largest absolute Gasteiger partial charge is 0.497 e. The van der Waals surface area contributed by atoms with Gasteiger partial charge in [-0.25, -0.2) is 0 Å². The molecular weight excluding hydrogens is 222 g/mol. The minimum Gasteiger partial charge on any atom is -0.497 e. The van der Waals surface area contributed by atoms with E-state index in [1.54, 1.807) is 24.5 Å². The van der Waals surface area contributed by atoms with Gasteiger partial charge in [-0.2, -0.15) is 0 Å². The van der Waals surface area contributed by atoms with Gasteiger partial charge in [-0.3, -0.25) is 4.98 Å². The number of ether oxygens (including phenoxy) is 1. The Morgan fingerprint density at radius 2 is 2.31 bits per heavy atom. The van der Waals surface area contributed by atoms with Crippen molar-refractivity contribution < 1.29 is 4.74 Å². The molecule has 0 unspecified atom stereocenters. The molecule has 3 N–H and O–H groups in total. The maximum absolute atomic E-state index is 5.75. The van der Waals surface area contributed by atoms with Gasteiger partial charge in [-0.05, 0) is 6.07 Å². The topological polar surface area (TPSA) is 60.2 Å². The molecule has 0 amide bonds.